The molecule has 0 aromatic heterocycles. The van der Waals surface area contributed by atoms with Crippen molar-refractivity contribution < 1.29 is 9.18 Å². The number of benzene rings is 1. The molecule has 0 radical (unpaired) electrons. The molecule has 0 bridgehead atoms. The first-order valence-electron chi connectivity index (χ1n) is 6.50. The summed E-state index contributed by atoms with van der Waals surface area (Å²) in [6.45, 7) is 3.12. The van der Waals surface area contributed by atoms with Crippen molar-refractivity contribution in [2.45, 2.75) is 25.8 Å². The molecule has 1 amide bonds. The number of nitrogens with zero attached hydrogens (tertiary/aromatic N) is 1. The summed E-state index contributed by atoms with van der Waals surface area (Å²) in [4.78, 5) is 14.1. The van der Waals surface area contributed by atoms with Crippen molar-refractivity contribution in [3.63, 3.8) is 0 Å². The number of halogens is 2. The Labute approximate surface area is 117 Å². The molecule has 0 unspecified atom stereocenters. The Balaban J connectivity index is 2.27. The van der Waals surface area contributed by atoms with Crippen LogP contribution in [0.5, 0.6) is 0 Å². The molecule has 2 N–H and O–H groups in total. The quantitative estimate of drug-likeness (QED) is 0.907. The molecule has 1 heterocycles. The second-order valence-corrected chi connectivity index (χ2v) is 5.48. The van der Waals surface area contributed by atoms with Gasteiger partial charge >= 0.3 is 0 Å². The Bertz CT molecular complexity index is 481. The first-order valence-corrected chi connectivity index (χ1v) is 6.88. The lowest BCUT2D eigenvalue weighted by atomic mass is 9.90. The van der Waals surface area contributed by atoms with E-state index in [2.05, 4.69) is 6.92 Å². The van der Waals surface area contributed by atoms with E-state index in [1.54, 1.807) is 4.90 Å². The number of carbonyl (C=O) groups excluding carboxylic acids is 1. The first kappa shape index (κ1) is 14.3. The second kappa shape index (κ2) is 5.88. The summed E-state index contributed by atoms with van der Waals surface area (Å²) in [5.41, 5.74) is 5.82. The number of nitrogens with two attached hydrogens (primary N) is 1. The summed E-state index contributed by atoms with van der Waals surface area (Å²) in [5.74, 6) is -0.527. The molecule has 19 heavy (non-hydrogen) atoms. The van der Waals surface area contributed by atoms with E-state index in [1.165, 1.54) is 18.2 Å². The zero-order chi connectivity index (χ0) is 14.0. The summed E-state index contributed by atoms with van der Waals surface area (Å²) in [6, 6.07) is 4.12. The van der Waals surface area contributed by atoms with E-state index in [4.69, 9.17) is 17.3 Å². The Morgan fingerprint density at radius 1 is 1.58 bits per heavy atom. The average Bonchev–Trinajstić information content (AvgIpc) is 2.37. The highest BCUT2D eigenvalue weighted by Gasteiger charge is 2.32. The van der Waals surface area contributed by atoms with Crippen LogP contribution in [0.2, 0.25) is 5.02 Å². The lowest BCUT2D eigenvalue weighted by molar-refractivity contribution is 0.0528. The lowest BCUT2D eigenvalue weighted by Crippen LogP contribution is -2.51. The van der Waals surface area contributed by atoms with Gasteiger partial charge < -0.3 is 10.6 Å². The largest absolute Gasteiger partial charge is 0.334 e. The number of rotatable bonds is 2. The molecule has 1 saturated heterocycles. The van der Waals surface area contributed by atoms with Crippen LogP contribution in [0.25, 0.3) is 0 Å². The molecular formula is C14H18ClFN2O. The van der Waals surface area contributed by atoms with Gasteiger partial charge in [-0.25, -0.2) is 4.39 Å². The fourth-order valence-electron chi connectivity index (χ4n) is 2.68. The molecule has 1 aliphatic rings. The van der Waals surface area contributed by atoms with Crippen LogP contribution in [0.4, 0.5) is 4.39 Å². The maximum Gasteiger partial charge on any atom is 0.257 e. The minimum atomic E-state index is -0.577. The smallest absolute Gasteiger partial charge is 0.257 e. The highest BCUT2D eigenvalue weighted by molar-refractivity contribution is 6.30. The molecule has 3 nitrogen and oxygen atoms in total. The Morgan fingerprint density at radius 3 is 2.95 bits per heavy atom. The van der Waals surface area contributed by atoms with Crippen molar-refractivity contribution in [3.8, 4) is 0 Å². The van der Waals surface area contributed by atoms with E-state index in [1.807, 2.05) is 0 Å². The van der Waals surface area contributed by atoms with E-state index in [0.717, 1.165) is 12.8 Å². The van der Waals surface area contributed by atoms with Gasteiger partial charge in [-0.1, -0.05) is 18.5 Å². The number of carbonyl (C=O) groups is 1. The van der Waals surface area contributed by atoms with Crippen molar-refractivity contribution in [2.75, 3.05) is 13.1 Å². The summed E-state index contributed by atoms with van der Waals surface area (Å²) in [6.07, 6.45) is 1.98. The SMILES string of the molecule is C[C@H]1CCCN(C(=O)c2ccc(Cl)cc2F)[C@H]1CN. The van der Waals surface area contributed by atoms with Crippen molar-refractivity contribution in [3.05, 3.63) is 34.6 Å². The fourth-order valence-corrected chi connectivity index (χ4v) is 2.84. The number of amides is 1. The van der Waals surface area contributed by atoms with Gasteiger partial charge in [0.2, 0.25) is 0 Å². The molecule has 0 aliphatic carbocycles. The number of hydrogen-bond donors (Lipinski definition) is 1. The van der Waals surface area contributed by atoms with Crippen molar-refractivity contribution in [2.24, 2.45) is 11.7 Å². The third kappa shape index (κ3) is 2.90. The van der Waals surface area contributed by atoms with Crippen LogP contribution < -0.4 is 5.73 Å². The Kier molecular flexibility index (Phi) is 4.42. The molecule has 1 fully saturated rings. The third-order valence-corrected chi connectivity index (χ3v) is 4.01. The van der Waals surface area contributed by atoms with Crippen LogP contribution in [-0.2, 0) is 0 Å². The van der Waals surface area contributed by atoms with Gasteiger partial charge in [-0.15, -0.1) is 0 Å². The number of piperidine rings is 1. The number of hydrogen-bond acceptors (Lipinski definition) is 2. The molecule has 0 saturated carbocycles. The van der Waals surface area contributed by atoms with Gasteiger partial charge in [0.05, 0.1) is 5.56 Å². The summed E-state index contributed by atoms with van der Waals surface area (Å²) < 4.78 is 13.8. The van der Waals surface area contributed by atoms with Crippen molar-refractivity contribution in [1.29, 1.82) is 0 Å². The van der Waals surface area contributed by atoms with E-state index >= 15 is 0 Å². The van der Waals surface area contributed by atoms with Gasteiger partial charge in [-0.05, 0) is 37.0 Å². The Morgan fingerprint density at radius 2 is 2.32 bits per heavy atom. The summed E-state index contributed by atoms with van der Waals surface area (Å²) >= 11 is 5.70. The normalized spacial score (nSPS) is 23.5. The van der Waals surface area contributed by atoms with Gasteiger partial charge in [-0.2, -0.15) is 0 Å². The van der Waals surface area contributed by atoms with E-state index in [0.29, 0.717) is 19.0 Å². The van der Waals surface area contributed by atoms with Crippen molar-refractivity contribution in [1.82, 2.24) is 4.90 Å². The van der Waals surface area contributed by atoms with Gasteiger partial charge in [0.25, 0.3) is 5.91 Å². The van der Waals surface area contributed by atoms with Crippen molar-refractivity contribution >= 4 is 17.5 Å². The highest BCUT2D eigenvalue weighted by Crippen LogP contribution is 2.25. The van der Waals surface area contributed by atoms with E-state index in [9.17, 15) is 9.18 Å². The van der Waals surface area contributed by atoms with Gasteiger partial charge in [0.15, 0.2) is 0 Å². The number of likely N-dealkylation sites (tertiary alicyclic amines) is 1. The lowest BCUT2D eigenvalue weighted by Gasteiger charge is -2.39. The van der Waals surface area contributed by atoms with Crippen LogP contribution in [0.1, 0.15) is 30.1 Å². The summed E-state index contributed by atoms with van der Waals surface area (Å²) in [7, 11) is 0. The van der Waals surface area contributed by atoms with Crippen LogP contribution in [0, 0.1) is 11.7 Å². The molecule has 0 spiro atoms. The van der Waals surface area contributed by atoms with Gasteiger partial charge in [0.1, 0.15) is 5.82 Å². The highest BCUT2D eigenvalue weighted by atomic mass is 35.5. The fraction of sp³-hybridized carbons (Fsp3) is 0.500. The minimum absolute atomic E-state index is 0.0173. The molecule has 2 rings (SSSR count). The zero-order valence-corrected chi connectivity index (χ0v) is 11.7. The molecular weight excluding hydrogens is 267 g/mol. The minimum Gasteiger partial charge on any atom is -0.334 e. The summed E-state index contributed by atoms with van der Waals surface area (Å²) in [5, 5.41) is 0.288. The van der Waals surface area contributed by atoms with Crippen LogP contribution >= 0.6 is 11.6 Å². The van der Waals surface area contributed by atoms with Gasteiger partial charge in [-0.3, -0.25) is 4.79 Å². The van der Waals surface area contributed by atoms with E-state index < -0.39 is 5.82 Å². The molecule has 1 aliphatic heterocycles. The standard InChI is InChI=1S/C14H18ClFN2O/c1-9-3-2-6-18(13(9)8-17)14(19)11-5-4-10(15)7-12(11)16/h4-5,7,9,13H,2-3,6,8,17H2,1H3/t9-,13-/m0/s1. The van der Waals surface area contributed by atoms with Crippen LogP contribution in [0.15, 0.2) is 18.2 Å². The second-order valence-electron chi connectivity index (χ2n) is 5.05. The molecule has 104 valence electrons. The van der Waals surface area contributed by atoms with Gasteiger partial charge in [0, 0.05) is 24.2 Å². The predicted molar refractivity (Wildman–Crippen MR) is 73.7 cm³/mol. The Hall–Kier alpha value is -1.13. The molecule has 5 heteroatoms. The average molecular weight is 285 g/mol. The maximum atomic E-state index is 13.8. The molecule has 2 atom stereocenters. The molecule has 1 aromatic carbocycles. The van der Waals surface area contributed by atoms with Crippen LogP contribution in [-0.4, -0.2) is 29.9 Å². The first-order chi connectivity index (χ1) is 9.04. The molecule has 1 aromatic rings. The predicted octanol–water partition coefficient (Wildman–Crippen LogP) is 2.68. The third-order valence-electron chi connectivity index (χ3n) is 3.78. The monoisotopic (exact) mass is 284 g/mol. The van der Waals surface area contributed by atoms with E-state index in [-0.39, 0.29) is 22.5 Å². The topological polar surface area (TPSA) is 46.3 Å². The zero-order valence-electron chi connectivity index (χ0n) is 10.9. The van der Waals surface area contributed by atoms with Crippen LogP contribution in [0.3, 0.4) is 0 Å². The maximum absolute atomic E-state index is 13.8.